The van der Waals surface area contributed by atoms with Crippen LogP contribution >= 0.6 is 0 Å². The first kappa shape index (κ1) is 29.8. The molecule has 37 heavy (non-hydrogen) atoms. The van der Waals surface area contributed by atoms with Gasteiger partial charge in [0, 0.05) is 39.3 Å². The van der Waals surface area contributed by atoms with E-state index in [9.17, 15) is 13.2 Å². The fourth-order valence-electron chi connectivity index (χ4n) is 5.05. The van der Waals surface area contributed by atoms with Crippen LogP contribution < -0.4 is 4.74 Å². The first-order valence-electron chi connectivity index (χ1n) is 13.3. The van der Waals surface area contributed by atoms with Crippen LogP contribution in [0, 0.1) is 13.8 Å². The molecule has 0 unspecified atom stereocenters. The maximum Gasteiger partial charge on any atom is 0.248 e. The van der Waals surface area contributed by atoms with E-state index in [4.69, 9.17) is 14.2 Å². The minimum Gasteiger partial charge on any atom is -0.497 e. The minimum absolute atomic E-state index is 0.0703. The molecule has 2 atom stereocenters. The third-order valence-corrected chi connectivity index (χ3v) is 9.78. The lowest BCUT2D eigenvalue weighted by atomic mass is 9.92. The van der Waals surface area contributed by atoms with E-state index >= 15 is 0 Å². The van der Waals surface area contributed by atoms with Gasteiger partial charge in [-0.05, 0) is 82.7 Å². The third kappa shape index (κ3) is 8.13. The lowest BCUT2D eigenvalue weighted by Gasteiger charge is -2.35. The highest BCUT2D eigenvalue weighted by Crippen LogP contribution is 2.28. The molecule has 2 saturated carbocycles. The Hall–Kier alpha value is -1.72. The fourth-order valence-corrected chi connectivity index (χ4v) is 6.61. The van der Waals surface area contributed by atoms with Crippen LogP contribution in [0.15, 0.2) is 17.0 Å². The van der Waals surface area contributed by atoms with Gasteiger partial charge < -0.3 is 24.0 Å². The summed E-state index contributed by atoms with van der Waals surface area (Å²) in [5.41, 5.74) is 1.26. The Morgan fingerprint density at radius 2 is 1.65 bits per heavy atom. The first-order valence-corrected chi connectivity index (χ1v) is 14.8. The summed E-state index contributed by atoms with van der Waals surface area (Å²) in [6, 6.07) is 4.31. The summed E-state index contributed by atoms with van der Waals surface area (Å²) < 4.78 is 44.5. The molecule has 0 aliphatic heterocycles. The van der Waals surface area contributed by atoms with Gasteiger partial charge in [-0.15, -0.1) is 0 Å². The van der Waals surface area contributed by atoms with E-state index in [-0.39, 0.29) is 42.7 Å². The fraction of sp³-hybridized carbons (Fsp3) is 0.741. The molecule has 1 amide bonds. The van der Waals surface area contributed by atoms with Crippen LogP contribution in [0.4, 0.5) is 0 Å². The van der Waals surface area contributed by atoms with Crippen LogP contribution in [0.2, 0.25) is 0 Å². The molecule has 1 aromatic carbocycles. The van der Waals surface area contributed by atoms with Crippen LogP contribution in [0.25, 0.3) is 0 Å². The number of sulfonamides is 1. The molecule has 3 rings (SSSR count). The normalized spacial score (nSPS) is 20.4. The van der Waals surface area contributed by atoms with Gasteiger partial charge in [0.1, 0.15) is 12.4 Å². The summed E-state index contributed by atoms with van der Waals surface area (Å²) in [4.78, 5) is 17.2. The number of ether oxygens (including phenoxy) is 3. The van der Waals surface area contributed by atoms with Gasteiger partial charge in [0.2, 0.25) is 15.9 Å². The second-order valence-electron chi connectivity index (χ2n) is 10.5. The molecule has 0 heterocycles. The van der Waals surface area contributed by atoms with Crippen molar-refractivity contribution in [3.8, 4) is 5.75 Å². The van der Waals surface area contributed by atoms with Crippen molar-refractivity contribution in [1.82, 2.24) is 14.1 Å². The zero-order valence-corrected chi connectivity index (χ0v) is 24.2. The van der Waals surface area contributed by atoms with Crippen molar-refractivity contribution < 1.29 is 27.4 Å². The van der Waals surface area contributed by atoms with Gasteiger partial charge in [-0.2, -0.15) is 4.31 Å². The number of aryl methyl sites for hydroxylation is 2. The largest absolute Gasteiger partial charge is 0.497 e. The van der Waals surface area contributed by atoms with E-state index in [0.717, 1.165) is 44.9 Å². The molecule has 0 aromatic heterocycles. The maximum atomic E-state index is 13.1. The topological polar surface area (TPSA) is 88.6 Å². The van der Waals surface area contributed by atoms with Crippen molar-refractivity contribution in [3.63, 3.8) is 0 Å². The maximum absolute atomic E-state index is 13.1. The first-order chi connectivity index (χ1) is 17.5. The predicted molar refractivity (Wildman–Crippen MR) is 144 cm³/mol. The van der Waals surface area contributed by atoms with Gasteiger partial charge in [-0.25, -0.2) is 8.42 Å². The van der Waals surface area contributed by atoms with Crippen molar-refractivity contribution >= 4 is 15.9 Å². The summed E-state index contributed by atoms with van der Waals surface area (Å²) in [7, 11) is 3.37. The Morgan fingerprint density at radius 1 is 0.973 bits per heavy atom. The second kappa shape index (κ2) is 13.4. The van der Waals surface area contributed by atoms with E-state index in [2.05, 4.69) is 11.9 Å². The van der Waals surface area contributed by atoms with Crippen LogP contribution in [0.1, 0.15) is 49.7 Å². The summed E-state index contributed by atoms with van der Waals surface area (Å²) in [6.45, 7) is 5.42. The highest BCUT2D eigenvalue weighted by atomic mass is 32.2. The molecular weight excluding hydrogens is 494 g/mol. The molecule has 210 valence electrons. The van der Waals surface area contributed by atoms with Crippen LogP contribution in [0.5, 0.6) is 5.75 Å². The zero-order valence-electron chi connectivity index (χ0n) is 23.4. The molecule has 2 aliphatic carbocycles. The number of carbonyl (C=O) groups is 1. The number of hydrogen-bond acceptors (Lipinski definition) is 7. The monoisotopic (exact) mass is 539 g/mol. The summed E-state index contributed by atoms with van der Waals surface area (Å²) in [5, 5.41) is 0. The standard InChI is InChI=1S/C27H45N3O6S/c1-20-16-25(34-6)17-21(2)27(20)37(32,33)29(4)13-14-35-19-26(31)30(5)23-8-7-9-24(18-23)36-15-12-28(3)22-10-11-22/h16-17,22-24H,7-15,18-19H2,1-6H3/t23-,24+/m1/s1. The van der Waals surface area contributed by atoms with Crippen molar-refractivity contribution in [2.75, 3.05) is 61.2 Å². The van der Waals surface area contributed by atoms with Gasteiger partial charge in [0.05, 0.1) is 31.3 Å². The third-order valence-electron chi connectivity index (χ3n) is 7.62. The predicted octanol–water partition coefficient (Wildman–Crippen LogP) is 2.83. The van der Waals surface area contributed by atoms with E-state index in [0.29, 0.717) is 16.9 Å². The summed E-state index contributed by atoms with van der Waals surface area (Å²) in [6.07, 6.45) is 6.67. The van der Waals surface area contributed by atoms with E-state index in [1.54, 1.807) is 38.0 Å². The van der Waals surface area contributed by atoms with E-state index < -0.39 is 10.0 Å². The number of carbonyl (C=O) groups excluding carboxylic acids is 1. The Morgan fingerprint density at radius 3 is 2.27 bits per heavy atom. The number of hydrogen-bond donors (Lipinski definition) is 0. The Balaban J connectivity index is 1.41. The second-order valence-corrected chi connectivity index (χ2v) is 12.5. The average Bonchev–Trinajstić information content (AvgIpc) is 3.71. The van der Waals surface area contributed by atoms with Crippen molar-refractivity contribution in [1.29, 1.82) is 0 Å². The van der Waals surface area contributed by atoms with Gasteiger partial charge in [0.25, 0.3) is 0 Å². The summed E-state index contributed by atoms with van der Waals surface area (Å²) >= 11 is 0. The van der Waals surface area contributed by atoms with Crippen LogP contribution in [-0.2, 0) is 24.3 Å². The molecule has 0 saturated heterocycles. The molecule has 0 spiro atoms. The molecule has 0 radical (unpaired) electrons. The van der Waals surface area contributed by atoms with E-state index in [1.807, 2.05) is 7.05 Å². The highest BCUT2D eigenvalue weighted by Gasteiger charge is 2.30. The number of rotatable bonds is 14. The van der Waals surface area contributed by atoms with Gasteiger partial charge in [-0.3, -0.25) is 4.79 Å². The molecule has 2 aliphatic rings. The van der Waals surface area contributed by atoms with Gasteiger partial charge in [0.15, 0.2) is 0 Å². The molecule has 0 N–H and O–H groups in total. The lowest BCUT2D eigenvalue weighted by Crippen LogP contribution is -2.44. The SMILES string of the molecule is COc1cc(C)c(S(=O)(=O)N(C)CCOCC(=O)N(C)[C@@H]2CCC[C@H](OCCN(C)C3CC3)C2)c(C)c1. The number of amides is 1. The molecular formula is C27H45N3O6S. The Kier molecular flexibility index (Phi) is 10.8. The minimum atomic E-state index is -3.69. The Bertz CT molecular complexity index is 990. The van der Waals surface area contributed by atoms with Crippen LogP contribution in [0.3, 0.4) is 0 Å². The molecule has 10 heteroatoms. The summed E-state index contributed by atoms with van der Waals surface area (Å²) in [5.74, 6) is 0.533. The molecule has 0 bridgehead atoms. The number of benzene rings is 1. The van der Waals surface area contributed by atoms with Crippen molar-refractivity contribution in [2.45, 2.75) is 75.5 Å². The lowest BCUT2D eigenvalue weighted by molar-refractivity contribution is -0.138. The average molecular weight is 540 g/mol. The number of likely N-dealkylation sites (N-methyl/N-ethyl adjacent to an activating group) is 3. The van der Waals surface area contributed by atoms with Crippen molar-refractivity contribution in [3.05, 3.63) is 23.3 Å². The molecule has 9 nitrogen and oxygen atoms in total. The Labute approximate surface area is 223 Å². The quantitative estimate of drug-likeness (QED) is 0.336. The smallest absolute Gasteiger partial charge is 0.248 e. The van der Waals surface area contributed by atoms with Crippen LogP contribution in [-0.4, -0.2) is 108 Å². The number of methoxy groups -OCH3 is 1. The van der Waals surface area contributed by atoms with Gasteiger partial charge in [-0.1, -0.05) is 0 Å². The van der Waals surface area contributed by atoms with Gasteiger partial charge >= 0.3 is 0 Å². The zero-order chi connectivity index (χ0) is 27.2. The molecule has 1 aromatic rings. The molecule has 2 fully saturated rings. The number of nitrogens with zero attached hydrogens (tertiary/aromatic N) is 3. The van der Waals surface area contributed by atoms with E-state index in [1.165, 1.54) is 24.2 Å². The van der Waals surface area contributed by atoms with Crippen molar-refractivity contribution in [2.24, 2.45) is 0 Å². The highest BCUT2D eigenvalue weighted by molar-refractivity contribution is 7.89.